The van der Waals surface area contributed by atoms with Gasteiger partial charge in [-0.25, -0.2) is 0 Å². The van der Waals surface area contributed by atoms with E-state index < -0.39 is 0 Å². The molecule has 0 saturated heterocycles. The summed E-state index contributed by atoms with van der Waals surface area (Å²) in [5.41, 5.74) is 2.71. The molecule has 0 fully saturated rings. The molecule has 0 bridgehead atoms. The summed E-state index contributed by atoms with van der Waals surface area (Å²) in [5.74, 6) is 0.584. The second kappa shape index (κ2) is 9.27. The molecule has 27 heavy (non-hydrogen) atoms. The first kappa shape index (κ1) is 20.4. The number of hydrogen-bond acceptors (Lipinski definition) is 2. The van der Waals surface area contributed by atoms with Crippen LogP contribution in [0.5, 0.6) is 5.75 Å². The molecule has 0 saturated carbocycles. The first-order valence-electron chi connectivity index (χ1n) is 7.96. The Kier molecular flexibility index (Phi) is 7.02. The lowest BCUT2D eigenvalue weighted by Crippen LogP contribution is -2.01. The molecule has 3 aromatic carbocycles. The third kappa shape index (κ3) is 5.60. The summed E-state index contributed by atoms with van der Waals surface area (Å²) < 4.78 is 5.78. The van der Waals surface area contributed by atoms with Crippen molar-refractivity contribution in [3.63, 3.8) is 0 Å². The molecule has 0 amide bonds. The molecule has 0 unspecified atom stereocenters. The van der Waals surface area contributed by atoms with Gasteiger partial charge in [0.25, 0.3) is 0 Å². The van der Waals surface area contributed by atoms with Crippen molar-refractivity contribution < 1.29 is 4.74 Å². The summed E-state index contributed by atoms with van der Waals surface area (Å²) in [6.45, 7) is 0.886. The molecule has 0 aromatic heterocycles. The minimum Gasteiger partial charge on any atom is -0.487 e. The normalized spacial score (nSPS) is 10.7. The number of nitrogens with one attached hydrogen (secondary N) is 1. The number of ether oxygens (including phenoxy) is 1. The quantitative estimate of drug-likeness (QED) is 0.400. The number of anilines is 1. The molecule has 0 aliphatic heterocycles. The summed E-state index contributed by atoms with van der Waals surface area (Å²) in [7, 11) is 0. The fourth-order valence-electron chi connectivity index (χ4n) is 2.38. The molecule has 0 heterocycles. The minimum absolute atomic E-state index is 0.302. The smallest absolute Gasteiger partial charge is 0.138 e. The predicted octanol–water partition coefficient (Wildman–Crippen LogP) is 8.14. The van der Waals surface area contributed by atoms with Gasteiger partial charge in [0.1, 0.15) is 12.4 Å². The van der Waals surface area contributed by atoms with Gasteiger partial charge in [0.2, 0.25) is 0 Å². The second-order valence-electron chi connectivity index (χ2n) is 5.77. The highest BCUT2D eigenvalue weighted by molar-refractivity contribution is 6.42. The van der Waals surface area contributed by atoms with Crippen LogP contribution in [0.1, 0.15) is 11.1 Å². The van der Waals surface area contributed by atoms with Crippen LogP contribution in [0, 0.1) is 0 Å². The van der Waals surface area contributed by atoms with Crippen LogP contribution in [-0.2, 0) is 13.2 Å². The molecule has 2 nitrogen and oxygen atoms in total. The highest BCUT2D eigenvalue weighted by Gasteiger charge is 2.07. The molecule has 3 rings (SSSR count). The Bertz CT molecular complexity index is 961. The van der Waals surface area contributed by atoms with Crippen LogP contribution in [0.2, 0.25) is 25.1 Å². The van der Waals surface area contributed by atoms with E-state index in [1.807, 2.05) is 30.3 Å². The van der Waals surface area contributed by atoms with Gasteiger partial charge in [-0.05, 0) is 48.0 Å². The topological polar surface area (TPSA) is 21.3 Å². The van der Waals surface area contributed by atoms with Crippen molar-refractivity contribution in [1.29, 1.82) is 0 Å². The highest BCUT2D eigenvalue weighted by Crippen LogP contribution is 2.29. The number of benzene rings is 3. The molecule has 0 aliphatic carbocycles. The lowest BCUT2D eigenvalue weighted by molar-refractivity contribution is 0.306. The monoisotopic (exact) mass is 459 g/mol. The van der Waals surface area contributed by atoms with Crippen molar-refractivity contribution in [1.82, 2.24) is 0 Å². The Morgan fingerprint density at radius 2 is 1.52 bits per heavy atom. The van der Waals surface area contributed by atoms with Crippen molar-refractivity contribution in [2.24, 2.45) is 0 Å². The van der Waals surface area contributed by atoms with E-state index >= 15 is 0 Å². The molecule has 0 spiro atoms. The van der Waals surface area contributed by atoms with Crippen molar-refractivity contribution in [3.05, 3.63) is 90.8 Å². The zero-order chi connectivity index (χ0) is 19.4. The lowest BCUT2D eigenvalue weighted by Gasteiger charge is -2.12. The Morgan fingerprint density at radius 1 is 0.704 bits per heavy atom. The van der Waals surface area contributed by atoms with E-state index in [4.69, 9.17) is 62.7 Å². The summed E-state index contributed by atoms with van der Waals surface area (Å²) in [5, 5.41) is 5.96. The summed E-state index contributed by atoms with van der Waals surface area (Å²) >= 11 is 30.3. The van der Waals surface area contributed by atoms with Gasteiger partial charge in [0, 0.05) is 27.8 Å². The van der Waals surface area contributed by atoms with Gasteiger partial charge in [-0.3, -0.25) is 0 Å². The van der Waals surface area contributed by atoms with E-state index in [9.17, 15) is 0 Å². The predicted molar refractivity (Wildman–Crippen MR) is 116 cm³/mol. The fourth-order valence-corrected chi connectivity index (χ4v) is 3.39. The van der Waals surface area contributed by atoms with Crippen LogP contribution in [0.15, 0.2) is 54.6 Å². The molecule has 140 valence electrons. The zero-order valence-corrected chi connectivity index (χ0v) is 17.7. The number of hydrogen-bond donors (Lipinski definition) is 1. The largest absolute Gasteiger partial charge is 0.487 e. The maximum Gasteiger partial charge on any atom is 0.138 e. The van der Waals surface area contributed by atoms with Crippen LogP contribution in [0.4, 0.5) is 5.69 Å². The average molecular weight is 462 g/mol. The number of halogens is 5. The third-order valence-electron chi connectivity index (χ3n) is 3.81. The lowest BCUT2D eigenvalue weighted by atomic mass is 10.2. The van der Waals surface area contributed by atoms with Crippen LogP contribution >= 0.6 is 58.0 Å². The summed E-state index contributed by atoms with van der Waals surface area (Å²) in [6, 6.07) is 16.3. The van der Waals surface area contributed by atoms with Crippen LogP contribution in [-0.4, -0.2) is 0 Å². The van der Waals surface area contributed by atoms with Crippen LogP contribution < -0.4 is 10.1 Å². The second-order valence-corrected chi connectivity index (χ2v) is 7.84. The van der Waals surface area contributed by atoms with Gasteiger partial charge >= 0.3 is 0 Å². The van der Waals surface area contributed by atoms with Crippen LogP contribution in [0.3, 0.4) is 0 Å². The Labute approximate surface area is 182 Å². The molecule has 1 N–H and O–H groups in total. The standard InChI is InChI=1S/C20H14Cl5NO/c21-14-3-2-13(17(23)8-14)11-27-20-6-1-12(7-19(20)25)10-26-15-4-5-16(22)18(24)9-15/h1-9,26H,10-11H2. The molecule has 0 atom stereocenters. The van der Waals surface area contributed by atoms with Gasteiger partial charge in [0.05, 0.1) is 15.1 Å². The van der Waals surface area contributed by atoms with E-state index in [1.54, 1.807) is 24.3 Å². The van der Waals surface area contributed by atoms with E-state index in [0.717, 1.165) is 16.8 Å². The molecule has 0 aliphatic rings. The number of rotatable bonds is 6. The molecule has 0 radical (unpaired) electrons. The van der Waals surface area contributed by atoms with Crippen LogP contribution in [0.25, 0.3) is 0 Å². The van der Waals surface area contributed by atoms with Crippen molar-refractivity contribution in [3.8, 4) is 5.75 Å². The summed E-state index contributed by atoms with van der Waals surface area (Å²) in [6.07, 6.45) is 0. The average Bonchev–Trinajstić information content (AvgIpc) is 2.63. The van der Waals surface area contributed by atoms with E-state index in [0.29, 0.717) is 44.0 Å². The molecular weight excluding hydrogens is 447 g/mol. The maximum atomic E-state index is 6.34. The third-order valence-corrected chi connectivity index (χ3v) is 5.43. The minimum atomic E-state index is 0.302. The molecular formula is C20H14Cl5NO. The van der Waals surface area contributed by atoms with E-state index in [-0.39, 0.29) is 0 Å². The molecule has 3 aromatic rings. The van der Waals surface area contributed by atoms with Crippen molar-refractivity contribution >= 4 is 63.7 Å². The van der Waals surface area contributed by atoms with Crippen molar-refractivity contribution in [2.75, 3.05) is 5.32 Å². The van der Waals surface area contributed by atoms with E-state index in [2.05, 4.69) is 5.32 Å². The Balaban J connectivity index is 1.62. The van der Waals surface area contributed by atoms with Gasteiger partial charge in [-0.1, -0.05) is 70.1 Å². The van der Waals surface area contributed by atoms with Gasteiger partial charge in [-0.2, -0.15) is 0 Å². The summed E-state index contributed by atoms with van der Waals surface area (Å²) in [4.78, 5) is 0. The van der Waals surface area contributed by atoms with Crippen molar-refractivity contribution in [2.45, 2.75) is 13.2 Å². The van der Waals surface area contributed by atoms with Gasteiger partial charge < -0.3 is 10.1 Å². The van der Waals surface area contributed by atoms with E-state index in [1.165, 1.54) is 0 Å². The first-order valence-corrected chi connectivity index (χ1v) is 9.85. The Hall–Kier alpha value is -1.29. The molecule has 7 heteroatoms. The zero-order valence-electron chi connectivity index (χ0n) is 13.9. The van der Waals surface area contributed by atoms with Gasteiger partial charge in [-0.15, -0.1) is 0 Å². The SMILES string of the molecule is Clc1ccc(COc2ccc(CNc3ccc(Cl)c(Cl)c3)cc2Cl)c(Cl)c1. The fraction of sp³-hybridized carbons (Fsp3) is 0.100. The highest BCUT2D eigenvalue weighted by atomic mass is 35.5. The maximum absolute atomic E-state index is 6.34. The Morgan fingerprint density at radius 3 is 2.22 bits per heavy atom. The van der Waals surface area contributed by atoms with Gasteiger partial charge in [0.15, 0.2) is 0 Å². The first-order chi connectivity index (χ1) is 12.9.